The average molecular weight is 305 g/mol. The quantitative estimate of drug-likeness (QED) is 0.901. The number of rotatable bonds is 3. The minimum atomic E-state index is -0.438. The normalized spacial score (nSPS) is 16.5. The molecule has 1 aromatic carbocycles. The highest BCUT2D eigenvalue weighted by atomic mass is 16.6. The standard InChI is InChI=1S/C17H27N3O2/c1-17(2,3)22-16(21)20-10-8-14(9-11-20)19-15-7-5-4-6-13(15)12-18/h4-7,14,19H,8-12,18H2,1-3H3. The number of hydrogen-bond donors (Lipinski definition) is 2. The Morgan fingerprint density at radius 3 is 2.55 bits per heavy atom. The van der Waals surface area contributed by atoms with E-state index in [0.717, 1.165) is 37.2 Å². The number of para-hydroxylation sites is 1. The molecule has 0 bridgehead atoms. The molecule has 1 heterocycles. The van der Waals surface area contributed by atoms with Gasteiger partial charge >= 0.3 is 6.09 Å². The number of piperidine rings is 1. The van der Waals surface area contributed by atoms with Crippen LogP contribution in [0.2, 0.25) is 0 Å². The number of hydrogen-bond acceptors (Lipinski definition) is 4. The second-order valence-corrected chi connectivity index (χ2v) is 6.75. The largest absolute Gasteiger partial charge is 0.444 e. The summed E-state index contributed by atoms with van der Waals surface area (Å²) in [7, 11) is 0. The number of anilines is 1. The van der Waals surface area contributed by atoms with Crippen molar-refractivity contribution in [3.05, 3.63) is 29.8 Å². The zero-order chi connectivity index (χ0) is 16.2. The number of likely N-dealkylation sites (tertiary alicyclic amines) is 1. The Morgan fingerprint density at radius 1 is 1.32 bits per heavy atom. The number of nitrogens with zero attached hydrogens (tertiary/aromatic N) is 1. The first kappa shape index (κ1) is 16.6. The van der Waals surface area contributed by atoms with Crippen LogP contribution in [-0.4, -0.2) is 35.7 Å². The number of carbonyl (C=O) groups is 1. The molecule has 22 heavy (non-hydrogen) atoms. The molecule has 122 valence electrons. The molecule has 1 amide bonds. The highest BCUT2D eigenvalue weighted by Gasteiger charge is 2.26. The lowest BCUT2D eigenvalue weighted by molar-refractivity contribution is 0.0210. The van der Waals surface area contributed by atoms with Crippen LogP contribution < -0.4 is 11.1 Å². The highest BCUT2D eigenvalue weighted by Crippen LogP contribution is 2.21. The molecule has 1 aliphatic heterocycles. The molecule has 1 aliphatic rings. The van der Waals surface area contributed by atoms with Crippen LogP contribution in [0.15, 0.2) is 24.3 Å². The van der Waals surface area contributed by atoms with Crippen molar-refractivity contribution >= 4 is 11.8 Å². The average Bonchev–Trinajstić information content (AvgIpc) is 2.47. The number of nitrogens with one attached hydrogen (secondary N) is 1. The lowest BCUT2D eigenvalue weighted by atomic mass is 10.0. The Hall–Kier alpha value is -1.75. The zero-order valence-electron chi connectivity index (χ0n) is 13.8. The van der Waals surface area contributed by atoms with Crippen molar-refractivity contribution < 1.29 is 9.53 Å². The summed E-state index contributed by atoms with van der Waals surface area (Å²) in [6.45, 7) is 7.64. The number of benzene rings is 1. The smallest absolute Gasteiger partial charge is 0.410 e. The van der Waals surface area contributed by atoms with Crippen LogP contribution in [0.3, 0.4) is 0 Å². The second-order valence-electron chi connectivity index (χ2n) is 6.75. The molecule has 0 saturated carbocycles. The Bertz CT molecular complexity index is 503. The minimum absolute atomic E-state index is 0.215. The van der Waals surface area contributed by atoms with Gasteiger partial charge in [0.15, 0.2) is 0 Å². The molecule has 0 atom stereocenters. The molecule has 3 N–H and O–H groups in total. The topological polar surface area (TPSA) is 67.6 Å². The maximum Gasteiger partial charge on any atom is 0.410 e. The number of carbonyl (C=O) groups excluding carboxylic acids is 1. The van der Waals surface area contributed by atoms with Gasteiger partial charge in [-0.05, 0) is 45.2 Å². The Morgan fingerprint density at radius 2 is 1.95 bits per heavy atom. The fraction of sp³-hybridized carbons (Fsp3) is 0.588. The van der Waals surface area contributed by atoms with Gasteiger partial charge in [0.25, 0.3) is 0 Å². The number of nitrogens with two attached hydrogens (primary N) is 1. The molecule has 0 spiro atoms. The lowest BCUT2D eigenvalue weighted by Crippen LogP contribution is -2.44. The van der Waals surface area contributed by atoms with Crippen molar-refractivity contribution in [3.8, 4) is 0 Å². The van der Waals surface area contributed by atoms with Crippen molar-refractivity contribution in [1.82, 2.24) is 4.90 Å². The molecule has 0 unspecified atom stereocenters. The number of amides is 1. The first-order valence-corrected chi connectivity index (χ1v) is 7.91. The molecule has 2 rings (SSSR count). The molecule has 0 radical (unpaired) electrons. The van der Waals surface area contributed by atoms with Gasteiger partial charge in [-0.2, -0.15) is 0 Å². The van der Waals surface area contributed by atoms with Gasteiger partial charge in [-0.15, -0.1) is 0 Å². The van der Waals surface area contributed by atoms with E-state index in [1.165, 1.54) is 0 Å². The zero-order valence-corrected chi connectivity index (χ0v) is 13.8. The summed E-state index contributed by atoms with van der Waals surface area (Å²) >= 11 is 0. The van der Waals surface area contributed by atoms with E-state index in [9.17, 15) is 4.79 Å². The summed E-state index contributed by atoms with van der Waals surface area (Å²) < 4.78 is 5.42. The van der Waals surface area contributed by atoms with E-state index in [0.29, 0.717) is 12.6 Å². The molecule has 5 heteroatoms. The third-order valence-electron chi connectivity index (χ3n) is 3.74. The molecular formula is C17H27N3O2. The van der Waals surface area contributed by atoms with Crippen LogP contribution in [0.4, 0.5) is 10.5 Å². The van der Waals surface area contributed by atoms with Crippen molar-refractivity contribution in [2.24, 2.45) is 5.73 Å². The van der Waals surface area contributed by atoms with Gasteiger partial charge in [0, 0.05) is 31.4 Å². The van der Waals surface area contributed by atoms with E-state index >= 15 is 0 Å². The third-order valence-corrected chi connectivity index (χ3v) is 3.74. The molecule has 0 aliphatic carbocycles. The highest BCUT2D eigenvalue weighted by molar-refractivity contribution is 5.68. The van der Waals surface area contributed by atoms with Crippen LogP contribution in [-0.2, 0) is 11.3 Å². The van der Waals surface area contributed by atoms with Gasteiger partial charge in [0.2, 0.25) is 0 Å². The SMILES string of the molecule is CC(C)(C)OC(=O)N1CCC(Nc2ccccc2CN)CC1. The van der Waals surface area contributed by atoms with E-state index in [1.54, 1.807) is 4.90 Å². The first-order chi connectivity index (χ1) is 10.4. The summed E-state index contributed by atoms with van der Waals surface area (Å²) in [5.41, 5.74) is 7.55. The van der Waals surface area contributed by atoms with E-state index < -0.39 is 5.60 Å². The van der Waals surface area contributed by atoms with Crippen LogP contribution in [0.5, 0.6) is 0 Å². The summed E-state index contributed by atoms with van der Waals surface area (Å²) in [6, 6.07) is 8.47. The van der Waals surface area contributed by atoms with Gasteiger partial charge in [0.05, 0.1) is 0 Å². The van der Waals surface area contributed by atoms with Crippen molar-refractivity contribution in [2.45, 2.75) is 51.8 Å². The predicted octanol–water partition coefficient (Wildman–Crippen LogP) is 2.96. The van der Waals surface area contributed by atoms with E-state index in [4.69, 9.17) is 10.5 Å². The second kappa shape index (κ2) is 7.01. The lowest BCUT2D eigenvalue weighted by Gasteiger charge is -2.34. The third kappa shape index (κ3) is 4.63. The van der Waals surface area contributed by atoms with Crippen molar-refractivity contribution in [1.29, 1.82) is 0 Å². The molecular weight excluding hydrogens is 278 g/mol. The summed E-state index contributed by atoms with van der Waals surface area (Å²) in [4.78, 5) is 13.8. The van der Waals surface area contributed by atoms with Gasteiger partial charge < -0.3 is 20.7 Å². The van der Waals surface area contributed by atoms with Gasteiger partial charge in [0.1, 0.15) is 5.60 Å². The van der Waals surface area contributed by atoms with E-state index in [2.05, 4.69) is 11.4 Å². The van der Waals surface area contributed by atoms with Gasteiger partial charge in [-0.3, -0.25) is 0 Å². The molecule has 1 aromatic rings. The maximum absolute atomic E-state index is 12.0. The van der Waals surface area contributed by atoms with Crippen LogP contribution in [0.25, 0.3) is 0 Å². The Labute approximate surface area is 132 Å². The van der Waals surface area contributed by atoms with E-state index in [-0.39, 0.29) is 6.09 Å². The van der Waals surface area contributed by atoms with Crippen LogP contribution >= 0.6 is 0 Å². The monoisotopic (exact) mass is 305 g/mol. The van der Waals surface area contributed by atoms with Crippen LogP contribution in [0, 0.1) is 0 Å². The first-order valence-electron chi connectivity index (χ1n) is 7.91. The fourth-order valence-corrected chi connectivity index (χ4v) is 2.59. The van der Waals surface area contributed by atoms with Gasteiger partial charge in [-0.1, -0.05) is 18.2 Å². The Kier molecular flexibility index (Phi) is 5.29. The minimum Gasteiger partial charge on any atom is -0.444 e. The van der Waals surface area contributed by atoms with Crippen molar-refractivity contribution in [3.63, 3.8) is 0 Å². The number of ether oxygens (including phenoxy) is 1. The van der Waals surface area contributed by atoms with Gasteiger partial charge in [-0.25, -0.2) is 4.79 Å². The van der Waals surface area contributed by atoms with E-state index in [1.807, 2.05) is 39.0 Å². The molecule has 0 aromatic heterocycles. The maximum atomic E-state index is 12.0. The molecule has 1 saturated heterocycles. The van der Waals surface area contributed by atoms with Crippen molar-refractivity contribution in [2.75, 3.05) is 18.4 Å². The summed E-state index contributed by atoms with van der Waals surface area (Å²) in [5.74, 6) is 0. The molecule has 1 fully saturated rings. The Balaban J connectivity index is 1.86. The summed E-state index contributed by atoms with van der Waals surface area (Å²) in [6.07, 6.45) is 1.62. The summed E-state index contributed by atoms with van der Waals surface area (Å²) in [5, 5.41) is 3.55. The fourth-order valence-electron chi connectivity index (χ4n) is 2.59. The van der Waals surface area contributed by atoms with Crippen LogP contribution in [0.1, 0.15) is 39.2 Å². The predicted molar refractivity (Wildman–Crippen MR) is 88.8 cm³/mol. The molecule has 5 nitrogen and oxygen atoms in total.